The van der Waals surface area contributed by atoms with E-state index in [1.54, 1.807) is 35.2 Å². The molecule has 1 aromatic heterocycles. The van der Waals surface area contributed by atoms with Crippen LogP contribution in [0, 0.1) is 0 Å². The van der Waals surface area contributed by atoms with Crippen LogP contribution >= 0.6 is 35.3 Å². The highest BCUT2D eigenvalue weighted by Crippen LogP contribution is 2.33. The molecule has 0 radical (unpaired) electrons. The van der Waals surface area contributed by atoms with E-state index in [0.717, 1.165) is 13.1 Å². The molecule has 0 spiro atoms. The average molecular weight is 546 g/mol. The van der Waals surface area contributed by atoms with E-state index in [-0.39, 0.29) is 23.2 Å². The zero-order valence-corrected chi connectivity index (χ0v) is 21.9. The Labute approximate surface area is 213 Å². The zero-order valence-electron chi connectivity index (χ0n) is 18.7. The summed E-state index contributed by atoms with van der Waals surface area (Å²) in [5.41, 5.74) is 0.965. The van der Waals surface area contributed by atoms with Gasteiger partial charge in [-0.25, -0.2) is 13.4 Å². The van der Waals surface area contributed by atoms with Gasteiger partial charge in [0, 0.05) is 37.5 Å². The molecule has 0 aliphatic carbocycles. The number of rotatable bonds is 7. The molecule has 3 aromatic rings. The van der Waals surface area contributed by atoms with Gasteiger partial charge in [-0.2, -0.15) is 0 Å². The lowest BCUT2D eigenvalue weighted by molar-refractivity contribution is 0.0391. The summed E-state index contributed by atoms with van der Waals surface area (Å²) in [7, 11) is -1.85. The van der Waals surface area contributed by atoms with Gasteiger partial charge in [0.15, 0.2) is 15.0 Å². The van der Waals surface area contributed by atoms with Crippen LogP contribution in [0.3, 0.4) is 0 Å². The number of fused-ring (bicyclic) bond motifs is 1. The van der Waals surface area contributed by atoms with Crippen LogP contribution in [0.15, 0.2) is 41.3 Å². The second-order valence-electron chi connectivity index (χ2n) is 7.65. The van der Waals surface area contributed by atoms with Crippen LogP contribution in [0.2, 0.25) is 5.02 Å². The van der Waals surface area contributed by atoms with E-state index in [4.69, 9.17) is 21.1 Å². The van der Waals surface area contributed by atoms with E-state index in [9.17, 15) is 13.2 Å². The minimum Gasteiger partial charge on any atom is -0.496 e. The van der Waals surface area contributed by atoms with Crippen molar-refractivity contribution in [3.63, 3.8) is 0 Å². The lowest BCUT2D eigenvalue weighted by Gasteiger charge is -2.29. The molecule has 184 valence electrons. The largest absolute Gasteiger partial charge is 0.496 e. The number of hydrogen-bond acceptors (Lipinski definition) is 8. The average Bonchev–Trinajstić information content (AvgIpc) is 3.22. The molecule has 0 bridgehead atoms. The summed E-state index contributed by atoms with van der Waals surface area (Å²) in [5, 5.41) is 0.908. The number of aromatic nitrogens is 1. The number of methoxy groups -OCH3 is 1. The monoisotopic (exact) mass is 545 g/mol. The summed E-state index contributed by atoms with van der Waals surface area (Å²) in [6.07, 6.45) is 1.17. The Morgan fingerprint density at radius 1 is 1.24 bits per heavy atom. The third-order valence-electron chi connectivity index (χ3n) is 5.39. The van der Waals surface area contributed by atoms with Gasteiger partial charge in [0.05, 0.1) is 41.0 Å². The Bertz CT molecular complexity index is 1280. The summed E-state index contributed by atoms with van der Waals surface area (Å²) in [5.74, 6) is 0.131. The fraction of sp³-hybridized carbons (Fsp3) is 0.364. The molecule has 0 N–H and O–H groups in total. The molecule has 1 fully saturated rings. The topological polar surface area (TPSA) is 89.0 Å². The van der Waals surface area contributed by atoms with Crippen molar-refractivity contribution in [1.29, 1.82) is 0 Å². The van der Waals surface area contributed by atoms with Crippen molar-refractivity contribution < 1.29 is 22.7 Å². The molecular formula is C22H25Cl2N3O5S2. The van der Waals surface area contributed by atoms with Crippen LogP contribution in [-0.2, 0) is 14.6 Å². The molecule has 1 amide bonds. The smallest absolute Gasteiger partial charge is 0.263 e. The highest BCUT2D eigenvalue weighted by molar-refractivity contribution is 7.90. The van der Waals surface area contributed by atoms with Gasteiger partial charge in [-0.05, 0) is 36.4 Å². The summed E-state index contributed by atoms with van der Waals surface area (Å²) >= 11 is 7.45. The van der Waals surface area contributed by atoms with Gasteiger partial charge in [-0.15, -0.1) is 12.4 Å². The number of nitrogens with zero attached hydrogens (tertiary/aromatic N) is 3. The van der Waals surface area contributed by atoms with Crippen LogP contribution in [0.25, 0.3) is 10.2 Å². The number of sulfone groups is 1. The van der Waals surface area contributed by atoms with Gasteiger partial charge < -0.3 is 9.47 Å². The molecule has 4 rings (SSSR count). The van der Waals surface area contributed by atoms with Crippen molar-refractivity contribution in [1.82, 2.24) is 9.88 Å². The number of anilines is 1. The molecule has 0 atom stereocenters. The van der Waals surface area contributed by atoms with Gasteiger partial charge in [-0.3, -0.25) is 14.6 Å². The number of carbonyl (C=O) groups is 1. The van der Waals surface area contributed by atoms with Gasteiger partial charge in [0.2, 0.25) is 0 Å². The molecule has 0 unspecified atom stereocenters. The lowest BCUT2D eigenvalue weighted by atomic mass is 10.1. The Morgan fingerprint density at radius 3 is 2.65 bits per heavy atom. The second-order valence-corrected chi connectivity index (χ2v) is 11.1. The van der Waals surface area contributed by atoms with Gasteiger partial charge in [0.1, 0.15) is 5.75 Å². The molecule has 1 saturated heterocycles. The van der Waals surface area contributed by atoms with Gasteiger partial charge in [0.25, 0.3) is 5.91 Å². The number of amides is 1. The van der Waals surface area contributed by atoms with Gasteiger partial charge in [-0.1, -0.05) is 22.9 Å². The highest BCUT2D eigenvalue weighted by atomic mass is 35.5. The Morgan fingerprint density at radius 2 is 1.97 bits per heavy atom. The van der Waals surface area contributed by atoms with Crippen LogP contribution < -0.4 is 9.64 Å². The summed E-state index contributed by atoms with van der Waals surface area (Å²) < 4.78 is 35.4. The van der Waals surface area contributed by atoms with Crippen molar-refractivity contribution in [2.45, 2.75) is 4.90 Å². The number of ether oxygens (including phenoxy) is 2. The minimum atomic E-state index is -3.35. The molecule has 1 aliphatic heterocycles. The number of carbonyl (C=O) groups excluding carboxylic acids is 1. The predicted molar refractivity (Wildman–Crippen MR) is 137 cm³/mol. The number of morpholine rings is 1. The summed E-state index contributed by atoms with van der Waals surface area (Å²) in [6.45, 7) is 3.94. The van der Waals surface area contributed by atoms with Crippen LogP contribution in [0.5, 0.6) is 5.75 Å². The van der Waals surface area contributed by atoms with Gasteiger partial charge >= 0.3 is 0 Å². The van der Waals surface area contributed by atoms with Crippen LogP contribution in [-0.4, -0.2) is 77.0 Å². The first kappa shape index (κ1) is 26.7. The van der Waals surface area contributed by atoms with Crippen molar-refractivity contribution >= 4 is 66.4 Å². The molecular weight excluding hydrogens is 521 g/mol. The highest BCUT2D eigenvalue weighted by Gasteiger charge is 2.26. The van der Waals surface area contributed by atoms with E-state index in [0.29, 0.717) is 58.0 Å². The number of benzene rings is 2. The van der Waals surface area contributed by atoms with E-state index >= 15 is 0 Å². The fourth-order valence-corrected chi connectivity index (χ4v) is 5.50. The number of halogens is 2. The lowest BCUT2D eigenvalue weighted by Crippen LogP contribution is -2.43. The van der Waals surface area contributed by atoms with E-state index in [1.165, 1.54) is 30.8 Å². The summed E-state index contributed by atoms with van der Waals surface area (Å²) in [4.78, 5) is 22.4. The standard InChI is InChI=1S/C22H24ClN3O5S2.ClH/c1-30-19-6-3-15(23)13-17(19)21(27)26(8-7-25-9-11-31-12-10-25)22-24-18-5-4-16(33(2,28)29)14-20(18)32-22;/h3-6,13-14H,7-12H2,1-2H3;1H. The Hall–Kier alpha value is -1.95. The molecule has 0 saturated carbocycles. The van der Waals surface area contributed by atoms with Crippen molar-refractivity contribution in [2.24, 2.45) is 0 Å². The quantitative estimate of drug-likeness (QED) is 0.446. The van der Waals surface area contributed by atoms with Crippen molar-refractivity contribution in [3.8, 4) is 5.75 Å². The fourth-order valence-electron chi connectivity index (χ4n) is 3.58. The number of thiazole rings is 1. The molecule has 34 heavy (non-hydrogen) atoms. The zero-order chi connectivity index (χ0) is 23.6. The third kappa shape index (κ3) is 5.99. The third-order valence-corrected chi connectivity index (χ3v) is 7.77. The van der Waals surface area contributed by atoms with E-state index < -0.39 is 9.84 Å². The summed E-state index contributed by atoms with van der Waals surface area (Å²) in [6, 6.07) is 9.69. The number of hydrogen-bond donors (Lipinski definition) is 0. The second kappa shape index (κ2) is 11.2. The molecule has 2 heterocycles. The first-order valence-electron chi connectivity index (χ1n) is 10.3. The van der Waals surface area contributed by atoms with E-state index in [1.807, 2.05) is 0 Å². The van der Waals surface area contributed by atoms with Crippen molar-refractivity contribution in [2.75, 3.05) is 57.7 Å². The maximum Gasteiger partial charge on any atom is 0.263 e. The first-order valence-corrected chi connectivity index (χ1v) is 13.4. The molecule has 8 nitrogen and oxygen atoms in total. The molecule has 2 aromatic carbocycles. The minimum absolute atomic E-state index is 0. The van der Waals surface area contributed by atoms with Crippen molar-refractivity contribution in [3.05, 3.63) is 47.0 Å². The Kier molecular flexibility index (Phi) is 8.77. The van der Waals surface area contributed by atoms with Crippen LogP contribution in [0.4, 0.5) is 5.13 Å². The van der Waals surface area contributed by atoms with E-state index in [2.05, 4.69) is 9.88 Å². The Balaban J connectivity index is 0.00000324. The van der Waals surface area contributed by atoms with Crippen LogP contribution in [0.1, 0.15) is 10.4 Å². The maximum absolute atomic E-state index is 13.7. The predicted octanol–water partition coefficient (Wildman–Crippen LogP) is 3.76. The maximum atomic E-state index is 13.7. The first-order chi connectivity index (χ1) is 15.8. The normalized spacial score (nSPS) is 14.6. The molecule has 1 aliphatic rings. The molecule has 12 heteroatoms. The SMILES string of the molecule is COc1ccc(Cl)cc1C(=O)N(CCN1CCOCC1)c1nc2ccc(S(C)(=O)=O)cc2s1.Cl.